The van der Waals surface area contributed by atoms with Gasteiger partial charge in [0.05, 0.1) is 0 Å². The molecule has 0 aliphatic heterocycles. The van der Waals surface area contributed by atoms with E-state index in [0.29, 0.717) is 5.56 Å². The molecule has 2 rings (SSSR count). The zero-order valence-electron chi connectivity index (χ0n) is 14.5. The first-order valence-electron chi connectivity index (χ1n) is 8.18. The molecule has 0 saturated carbocycles. The van der Waals surface area contributed by atoms with Gasteiger partial charge in [-0.15, -0.1) is 0 Å². The van der Waals surface area contributed by atoms with Crippen molar-refractivity contribution < 1.29 is 19.4 Å². The topological polar surface area (TPSA) is 113 Å². The van der Waals surface area contributed by atoms with Crippen LogP contribution in [0.25, 0.3) is 0 Å². The Morgan fingerprint density at radius 2 is 1.81 bits per heavy atom. The zero-order valence-corrected chi connectivity index (χ0v) is 16.2. The maximum absolute atomic E-state index is 12.0. The second kappa shape index (κ2) is 9.80. The van der Waals surface area contributed by atoms with Gasteiger partial charge in [0.1, 0.15) is 0 Å². The van der Waals surface area contributed by atoms with Crippen LogP contribution in [-0.2, 0) is 9.53 Å². The molecular weight excluding hydrogens is 419 g/mol. The third-order valence-electron chi connectivity index (χ3n) is 3.72. The molecule has 0 bridgehead atoms. The standard InChI is InChI=1S/C18H18N2O6Se/c1-2-26-18(21)16(20(24)25)12-17(27-15-9-4-3-5-10-15)13-7-6-8-14(11-13)19(22)23/h3-11,16-17H,2,12H2,1H3. The van der Waals surface area contributed by atoms with E-state index in [1.165, 1.54) is 12.1 Å². The predicted octanol–water partition coefficient (Wildman–Crippen LogP) is 2.26. The van der Waals surface area contributed by atoms with Gasteiger partial charge in [-0.3, -0.25) is 0 Å². The van der Waals surface area contributed by atoms with Gasteiger partial charge in [-0.05, 0) is 0 Å². The van der Waals surface area contributed by atoms with E-state index in [1.54, 1.807) is 19.1 Å². The molecule has 8 nitrogen and oxygen atoms in total. The summed E-state index contributed by atoms with van der Waals surface area (Å²) in [6, 6.07) is 13.9. The second-order valence-corrected chi connectivity index (χ2v) is 8.24. The summed E-state index contributed by atoms with van der Waals surface area (Å²) in [6.07, 6.45) is -0.0815. The summed E-state index contributed by atoms with van der Waals surface area (Å²) in [5, 5.41) is 22.5. The Balaban J connectivity index is 2.36. The predicted molar refractivity (Wildman–Crippen MR) is 99.7 cm³/mol. The Hall–Kier alpha value is -2.77. The number of hydrogen-bond donors (Lipinski definition) is 0. The summed E-state index contributed by atoms with van der Waals surface area (Å²) in [4.78, 5) is 33.0. The molecule has 2 atom stereocenters. The van der Waals surface area contributed by atoms with Crippen LogP contribution in [-0.4, -0.2) is 43.4 Å². The SMILES string of the molecule is CCOC(=O)C(CC([Se]c1ccccc1)c1cccc([N+](=O)[O-])c1)[N+](=O)[O-]. The summed E-state index contributed by atoms with van der Waals surface area (Å²) < 4.78 is 5.81. The van der Waals surface area contributed by atoms with E-state index in [2.05, 4.69) is 0 Å². The minimum absolute atomic E-state index is 0.0501. The third kappa shape index (κ3) is 5.87. The molecule has 0 fully saturated rings. The van der Waals surface area contributed by atoms with Crippen LogP contribution in [0.15, 0.2) is 54.6 Å². The Morgan fingerprint density at radius 3 is 2.41 bits per heavy atom. The van der Waals surface area contributed by atoms with Crippen LogP contribution < -0.4 is 4.46 Å². The monoisotopic (exact) mass is 438 g/mol. The Kier molecular flexibility index (Phi) is 7.45. The fourth-order valence-electron chi connectivity index (χ4n) is 2.46. The summed E-state index contributed by atoms with van der Waals surface area (Å²) in [6.45, 7) is 1.63. The first-order valence-corrected chi connectivity index (χ1v) is 10.0. The summed E-state index contributed by atoms with van der Waals surface area (Å²) in [5.74, 6) is -0.887. The van der Waals surface area contributed by atoms with E-state index < -0.39 is 21.9 Å². The van der Waals surface area contributed by atoms with Crippen molar-refractivity contribution in [1.82, 2.24) is 0 Å². The molecule has 0 N–H and O–H groups in total. The van der Waals surface area contributed by atoms with Gasteiger partial charge in [-0.1, -0.05) is 0 Å². The van der Waals surface area contributed by atoms with Gasteiger partial charge < -0.3 is 0 Å². The average molecular weight is 437 g/mol. The second-order valence-electron chi connectivity index (χ2n) is 5.56. The molecule has 0 radical (unpaired) electrons. The van der Waals surface area contributed by atoms with Crippen LogP contribution in [0.1, 0.15) is 23.7 Å². The first-order chi connectivity index (χ1) is 12.9. The van der Waals surface area contributed by atoms with E-state index in [-0.39, 0.29) is 38.5 Å². The molecule has 0 heterocycles. The van der Waals surface area contributed by atoms with E-state index >= 15 is 0 Å². The average Bonchev–Trinajstić information content (AvgIpc) is 2.65. The summed E-state index contributed by atoms with van der Waals surface area (Å²) in [5.41, 5.74) is 0.513. The number of nitro benzene ring substituents is 1. The van der Waals surface area contributed by atoms with Gasteiger partial charge >= 0.3 is 162 Å². The molecule has 0 aromatic heterocycles. The van der Waals surface area contributed by atoms with Gasteiger partial charge in [0, 0.05) is 0 Å². The molecule has 0 amide bonds. The van der Waals surface area contributed by atoms with Crippen LogP contribution in [0.2, 0.25) is 0 Å². The molecule has 142 valence electrons. The van der Waals surface area contributed by atoms with Crippen molar-refractivity contribution in [3.05, 3.63) is 80.4 Å². The zero-order chi connectivity index (χ0) is 19.8. The normalized spacial score (nSPS) is 12.8. The van der Waals surface area contributed by atoms with Gasteiger partial charge in [0.25, 0.3) is 0 Å². The van der Waals surface area contributed by atoms with Crippen molar-refractivity contribution in [2.45, 2.75) is 24.2 Å². The molecule has 0 saturated heterocycles. The molecule has 2 unspecified atom stereocenters. The van der Waals surface area contributed by atoms with E-state index in [4.69, 9.17) is 4.74 Å². The van der Waals surface area contributed by atoms with Crippen LogP contribution in [0.5, 0.6) is 0 Å². The van der Waals surface area contributed by atoms with Gasteiger partial charge in [0.2, 0.25) is 0 Å². The van der Waals surface area contributed by atoms with Crippen molar-refractivity contribution in [1.29, 1.82) is 0 Å². The Bertz CT molecular complexity index is 815. The van der Waals surface area contributed by atoms with Crippen LogP contribution in [0.3, 0.4) is 0 Å². The molecule has 2 aromatic carbocycles. The van der Waals surface area contributed by atoms with E-state index in [9.17, 15) is 25.0 Å². The van der Waals surface area contributed by atoms with Crippen molar-refractivity contribution in [3.8, 4) is 0 Å². The molecule has 0 spiro atoms. The quantitative estimate of drug-likeness (QED) is 0.257. The first kappa shape index (κ1) is 20.5. The number of benzene rings is 2. The third-order valence-corrected chi connectivity index (χ3v) is 6.44. The van der Waals surface area contributed by atoms with Gasteiger partial charge in [-0.25, -0.2) is 0 Å². The summed E-state index contributed by atoms with van der Waals surface area (Å²) in [7, 11) is 0. The van der Waals surface area contributed by atoms with Crippen molar-refractivity contribution in [2.24, 2.45) is 0 Å². The van der Waals surface area contributed by atoms with E-state index in [0.717, 1.165) is 4.46 Å². The number of hydrogen-bond acceptors (Lipinski definition) is 6. The number of carbonyl (C=O) groups is 1. The fourth-order valence-corrected chi connectivity index (χ4v) is 4.99. The van der Waals surface area contributed by atoms with Crippen LogP contribution in [0.4, 0.5) is 5.69 Å². The van der Waals surface area contributed by atoms with E-state index in [1.807, 2.05) is 30.3 Å². The van der Waals surface area contributed by atoms with Gasteiger partial charge in [0.15, 0.2) is 0 Å². The Morgan fingerprint density at radius 1 is 1.11 bits per heavy atom. The summed E-state index contributed by atoms with van der Waals surface area (Å²) >= 11 is -0.267. The maximum atomic E-state index is 12.0. The molecule has 0 aliphatic rings. The number of nitro groups is 2. The molecule has 27 heavy (non-hydrogen) atoms. The molecule has 0 aliphatic carbocycles. The number of esters is 1. The van der Waals surface area contributed by atoms with Crippen molar-refractivity contribution in [2.75, 3.05) is 6.61 Å². The van der Waals surface area contributed by atoms with Gasteiger partial charge in [-0.2, -0.15) is 0 Å². The fraction of sp³-hybridized carbons (Fsp3) is 0.278. The molecule has 9 heteroatoms. The molecular formula is C18H18N2O6Se. The minimum atomic E-state index is -1.51. The Labute approximate surface area is 162 Å². The number of non-ortho nitro benzene ring substituents is 1. The number of ether oxygens (including phenoxy) is 1. The number of carbonyl (C=O) groups excluding carboxylic acids is 1. The number of nitrogens with zero attached hydrogens (tertiary/aromatic N) is 2. The molecule has 2 aromatic rings. The van der Waals surface area contributed by atoms with Crippen LogP contribution in [0, 0.1) is 20.2 Å². The number of rotatable bonds is 9. The van der Waals surface area contributed by atoms with Crippen LogP contribution >= 0.6 is 0 Å². The van der Waals surface area contributed by atoms with Crippen molar-refractivity contribution >= 4 is 31.1 Å². The van der Waals surface area contributed by atoms with Crippen molar-refractivity contribution in [3.63, 3.8) is 0 Å².